The molecule has 3 rings (SSSR count). The van der Waals surface area contributed by atoms with Crippen molar-refractivity contribution in [2.75, 3.05) is 0 Å². The first-order chi connectivity index (χ1) is 10.1. The van der Waals surface area contributed by atoms with Gasteiger partial charge in [0, 0.05) is 4.47 Å². The Kier molecular flexibility index (Phi) is 4.19. The van der Waals surface area contributed by atoms with E-state index in [2.05, 4.69) is 66.2 Å². The quantitative estimate of drug-likeness (QED) is 0.795. The Balaban J connectivity index is 2.00. The molecule has 21 heavy (non-hydrogen) atoms. The molecular formula is C19H22BrN. The lowest BCUT2D eigenvalue weighted by atomic mass is 9.76. The fourth-order valence-electron chi connectivity index (χ4n) is 3.22. The van der Waals surface area contributed by atoms with Crippen LogP contribution in [0.15, 0.2) is 40.9 Å². The van der Waals surface area contributed by atoms with Crippen molar-refractivity contribution < 1.29 is 0 Å². The van der Waals surface area contributed by atoms with Crippen LogP contribution in [0.5, 0.6) is 0 Å². The molecule has 1 fully saturated rings. The van der Waals surface area contributed by atoms with Gasteiger partial charge in [-0.3, -0.25) is 0 Å². The number of benzene rings is 2. The van der Waals surface area contributed by atoms with Gasteiger partial charge in [-0.1, -0.05) is 58.7 Å². The van der Waals surface area contributed by atoms with Crippen LogP contribution in [0, 0.1) is 13.8 Å². The van der Waals surface area contributed by atoms with Crippen molar-refractivity contribution in [1.29, 1.82) is 0 Å². The summed E-state index contributed by atoms with van der Waals surface area (Å²) in [4.78, 5) is 0. The summed E-state index contributed by atoms with van der Waals surface area (Å²) in [6.45, 7) is 4.26. The Bertz CT molecular complexity index is 635. The molecule has 0 saturated heterocycles. The van der Waals surface area contributed by atoms with Crippen molar-refractivity contribution in [2.24, 2.45) is 5.73 Å². The maximum absolute atomic E-state index is 6.61. The summed E-state index contributed by atoms with van der Waals surface area (Å²) in [5.74, 6) is 0.713. The highest BCUT2D eigenvalue weighted by atomic mass is 79.9. The summed E-state index contributed by atoms with van der Waals surface area (Å²) in [6.07, 6.45) is 3.97. The van der Waals surface area contributed by atoms with Crippen molar-refractivity contribution in [3.63, 3.8) is 0 Å². The Morgan fingerprint density at radius 1 is 1.10 bits per heavy atom. The normalized spacial score (nSPS) is 16.6. The largest absolute Gasteiger partial charge is 0.320 e. The van der Waals surface area contributed by atoms with Gasteiger partial charge in [0.2, 0.25) is 0 Å². The molecule has 2 heteroatoms. The van der Waals surface area contributed by atoms with E-state index in [0.717, 1.165) is 0 Å². The monoisotopic (exact) mass is 343 g/mol. The molecule has 1 atom stereocenters. The van der Waals surface area contributed by atoms with Gasteiger partial charge in [0.05, 0.1) is 6.04 Å². The fourth-order valence-corrected chi connectivity index (χ4v) is 3.45. The van der Waals surface area contributed by atoms with E-state index in [-0.39, 0.29) is 6.04 Å². The first kappa shape index (κ1) is 14.8. The molecule has 0 bridgehead atoms. The summed E-state index contributed by atoms with van der Waals surface area (Å²) in [7, 11) is 0. The van der Waals surface area contributed by atoms with Crippen LogP contribution in [0.2, 0.25) is 0 Å². The topological polar surface area (TPSA) is 26.0 Å². The molecule has 0 heterocycles. The third kappa shape index (κ3) is 2.79. The second-order valence-corrected chi connectivity index (χ2v) is 7.00. The van der Waals surface area contributed by atoms with Gasteiger partial charge < -0.3 is 5.73 Å². The third-order valence-corrected chi connectivity index (χ3v) is 5.94. The molecule has 1 saturated carbocycles. The lowest BCUT2D eigenvalue weighted by Crippen LogP contribution is -2.18. The SMILES string of the molecule is Cc1cc(C(N)c2ccccc2C2CCC2)cc(C)c1Br. The first-order valence-electron chi connectivity index (χ1n) is 7.69. The van der Waals surface area contributed by atoms with Crippen LogP contribution in [0.25, 0.3) is 0 Å². The molecule has 110 valence electrons. The summed E-state index contributed by atoms with van der Waals surface area (Å²) < 4.78 is 1.19. The second kappa shape index (κ2) is 5.94. The second-order valence-electron chi connectivity index (χ2n) is 6.20. The minimum absolute atomic E-state index is 0.0349. The van der Waals surface area contributed by atoms with Gasteiger partial charge in [-0.25, -0.2) is 0 Å². The summed E-state index contributed by atoms with van der Waals surface area (Å²) in [5, 5.41) is 0. The molecular weight excluding hydrogens is 322 g/mol. The number of aryl methyl sites for hydroxylation is 2. The van der Waals surface area contributed by atoms with Gasteiger partial charge in [0.15, 0.2) is 0 Å². The van der Waals surface area contributed by atoms with Gasteiger partial charge in [-0.2, -0.15) is 0 Å². The van der Waals surface area contributed by atoms with E-state index >= 15 is 0 Å². The van der Waals surface area contributed by atoms with E-state index in [1.165, 1.54) is 51.6 Å². The molecule has 0 aliphatic heterocycles. The maximum atomic E-state index is 6.61. The summed E-state index contributed by atoms with van der Waals surface area (Å²) in [5.41, 5.74) is 13.1. The average Bonchev–Trinajstić information content (AvgIpc) is 2.42. The predicted molar refractivity (Wildman–Crippen MR) is 92.7 cm³/mol. The molecule has 1 aliphatic rings. The highest BCUT2D eigenvalue weighted by Gasteiger charge is 2.24. The van der Waals surface area contributed by atoms with Gasteiger partial charge in [0.1, 0.15) is 0 Å². The summed E-state index contributed by atoms with van der Waals surface area (Å²) >= 11 is 3.64. The van der Waals surface area contributed by atoms with Crippen molar-refractivity contribution in [3.8, 4) is 0 Å². The molecule has 1 unspecified atom stereocenters. The van der Waals surface area contributed by atoms with Crippen LogP contribution in [0.4, 0.5) is 0 Å². The highest BCUT2D eigenvalue weighted by Crippen LogP contribution is 2.40. The smallest absolute Gasteiger partial charge is 0.0554 e. The number of hydrogen-bond donors (Lipinski definition) is 1. The third-order valence-electron chi connectivity index (χ3n) is 4.69. The van der Waals surface area contributed by atoms with Crippen LogP contribution in [-0.2, 0) is 0 Å². The van der Waals surface area contributed by atoms with E-state index in [4.69, 9.17) is 5.73 Å². The first-order valence-corrected chi connectivity index (χ1v) is 8.48. The van der Waals surface area contributed by atoms with E-state index in [1.54, 1.807) is 0 Å². The van der Waals surface area contributed by atoms with E-state index < -0.39 is 0 Å². The van der Waals surface area contributed by atoms with Crippen molar-refractivity contribution >= 4 is 15.9 Å². The van der Waals surface area contributed by atoms with Crippen molar-refractivity contribution in [2.45, 2.75) is 45.1 Å². The van der Waals surface area contributed by atoms with E-state index in [9.17, 15) is 0 Å². The molecule has 0 aromatic heterocycles. The van der Waals surface area contributed by atoms with Gasteiger partial charge in [-0.05, 0) is 60.4 Å². The zero-order chi connectivity index (χ0) is 15.0. The lowest BCUT2D eigenvalue weighted by Gasteiger charge is -2.30. The Morgan fingerprint density at radius 3 is 2.29 bits per heavy atom. The Morgan fingerprint density at radius 2 is 1.71 bits per heavy atom. The number of hydrogen-bond acceptors (Lipinski definition) is 1. The van der Waals surface area contributed by atoms with Crippen LogP contribution < -0.4 is 5.73 Å². The number of rotatable bonds is 3. The molecule has 1 aliphatic carbocycles. The van der Waals surface area contributed by atoms with Crippen LogP contribution >= 0.6 is 15.9 Å². The number of halogens is 1. The van der Waals surface area contributed by atoms with Gasteiger partial charge in [-0.15, -0.1) is 0 Å². The Hall–Kier alpha value is -1.12. The van der Waals surface area contributed by atoms with Crippen molar-refractivity contribution in [1.82, 2.24) is 0 Å². The molecule has 2 aromatic carbocycles. The van der Waals surface area contributed by atoms with Gasteiger partial charge >= 0.3 is 0 Å². The van der Waals surface area contributed by atoms with Crippen molar-refractivity contribution in [3.05, 3.63) is 68.7 Å². The van der Waals surface area contributed by atoms with E-state index in [1.807, 2.05) is 0 Å². The maximum Gasteiger partial charge on any atom is 0.0554 e. The minimum atomic E-state index is -0.0349. The van der Waals surface area contributed by atoms with Gasteiger partial charge in [0.25, 0.3) is 0 Å². The number of nitrogens with two attached hydrogens (primary N) is 1. The fraction of sp³-hybridized carbons (Fsp3) is 0.368. The molecule has 0 spiro atoms. The van der Waals surface area contributed by atoms with Crippen LogP contribution in [-0.4, -0.2) is 0 Å². The standard InChI is InChI=1S/C19H22BrN/c1-12-10-15(11-13(2)18(12)20)19(21)17-9-4-3-8-16(17)14-6-5-7-14/h3-4,8-11,14,19H,5-7,21H2,1-2H3. The lowest BCUT2D eigenvalue weighted by molar-refractivity contribution is 0.416. The molecule has 2 N–H and O–H groups in total. The Labute approximate surface area is 135 Å². The molecule has 0 radical (unpaired) electrons. The molecule has 0 amide bonds. The average molecular weight is 344 g/mol. The van der Waals surface area contributed by atoms with Crippen LogP contribution in [0.3, 0.4) is 0 Å². The van der Waals surface area contributed by atoms with Crippen LogP contribution in [0.1, 0.15) is 59.0 Å². The predicted octanol–water partition coefficient (Wildman–Crippen LogP) is 5.38. The molecule has 1 nitrogen and oxygen atoms in total. The zero-order valence-corrected chi connectivity index (χ0v) is 14.3. The highest BCUT2D eigenvalue weighted by molar-refractivity contribution is 9.10. The minimum Gasteiger partial charge on any atom is -0.320 e. The van der Waals surface area contributed by atoms with E-state index in [0.29, 0.717) is 5.92 Å². The zero-order valence-electron chi connectivity index (χ0n) is 12.7. The summed E-state index contributed by atoms with van der Waals surface area (Å²) in [6, 6.07) is 13.1. The molecule has 2 aromatic rings.